The van der Waals surface area contributed by atoms with Gasteiger partial charge < -0.3 is 4.74 Å². The minimum Gasteiger partial charge on any atom is -0.483 e. The molecule has 144 valence electrons. The van der Waals surface area contributed by atoms with Crippen molar-refractivity contribution in [3.63, 3.8) is 0 Å². The molecule has 4 nitrogen and oxygen atoms in total. The van der Waals surface area contributed by atoms with Crippen molar-refractivity contribution in [2.24, 2.45) is 10.9 Å². The highest BCUT2D eigenvalue weighted by atomic mass is 32.2. The largest absolute Gasteiger partial charge is 0.483 e. The van der Waals surface area contributed by atoms with Crippen molar-refractivity contribution in [3.05, 3.63) is 76.1 Å². The third kappa shape index (κ3) is 3.03. The van der Waals surface area contributed by atoms with E-state index in [2.05, 4.69) is 60.3 Å². The zero-order valence-electron chi connectivity index (χ0n) is 15.9. The van der Waals surface area contributed by atoms with Crippen LogP contribution in [0.15, 0.2) is 69.9 Å². The van der Waals surface area contributed by atoms with Crippen LogP contribution in [0.25, 0.3) is 5.70 Å². The molecule has 0 spiro atoms. The number of nitrogens with zero attached hydrogens (tertiary/aromatic N) is 1. The van der Waals surface area contributed by atoms with E-state index in [9.17, 15) is 5.21 Å². The molecule has 5 heteroatoms. The fourth-order valence-electron chi connectivity index (χ4n) is 4.12. The van der Waals surface area contributed by atoms with Crippen LogP contribution in [0, 0.1) is 5.92 Å². The van der Waals surface area contributed by atoms with Gasteiger partial charge >= 0.3 is 0 Å². The Hall–Kier alpha value is -2.24. The first kappa shape index (κ1) is 17.8. The van der Waals surface area contributed by atoms with Crippen LogP contribution in [-0.4, -0.2) is 22.3 Å². The Kier molecular flexibility index (Phi) is 4.65. The molecule has 0 aromatic heterocycles. The number of ether oxygens (including phenoxy) is 1. The van der Waals surface area contributed by atoms with Crippen molar-refractivity contribution >= 4 is 23.2 Å². The topological polar surface area (TPSA) is 53.9 Å². The number of hydrogen-bond acceptors (Lipinski definition) is 5. The Balaban J connectivity index is 1.53. The summed E-state index contributed by atoms with van der Waals surface area (Å²) in [6.07, 6.45) is 10.7. The van der Waals surface area contributed by atoms with Crippen LogP contribution in [0.4, 0.5) is 0 Å². The summed E-state index contributed by atoms with van der Waals surface area (Å²) < 4.78 is 6.31. The average molecular weight is 393 g/mol. The van der Waals surface area contributed by atoms with E-state index in [1.165, 1.54) is 12.0 Å². The van der Waals surface area contributed by atoms with Gasteiger partial charge in [0.25, 0.3) is 0 Å². The van der Waals surface area contributed by atoms with Crippen molar-refractivity contribution in [1.82, 2.24) is 5.48 Å². The maximum atomic E-state index is 9.58. The first-order valence-electron chi connectivity index (χ1n) is 9.95. The van der Waals surface area contributed by atoms with Crippen molar-refractivity contribution < 1.29 is 9.94 Å². The number of benzene rings is 1. The molecule has 0 radical (unpaired) electrons. The lowest BCUT2D eigenvalue weighted by Crippen LogP contribution is -2.28. The average Bonchev–Trinajstić information content (AvgIpc) is 3.06. The smallest absolute Gasteiger partial charge is 0.141 e. The quantitative estimate of drug-likeness (QED) is 0.696. The van der Waals surface area contributed by atoms with Gasteiger partial charge in [-0.05, 0) is 59.9 Å². The van der Waals surface area contributed by atoms with E-state index in [0.717, 1.165) is 53.3 Å². The van der Waals surface area contributed by atoms with Gasteiger partial charge in [0.15, 0.2) is 0 Å². The first-order valence-corrected chi connectivity index (χ1v) is 10.9. The van der Waals surface area contributed by atoms with E-state index in [1.54, 1.807) is 11.8 Å². The van der Waals surface area contributed by atoms with Gasteiger partial charge in [0.1, 0.15) is 11.9 Å². The molecule has 3 unspecified atom stereocenters. The van der Waals surface area contributed by atoms with Gasteiger partial charge in [-0.25, -0.2) is 0 Å². The minimum absolute atomic E-state index is 0.0117. The Morgan fingerprint density at radius 1 is 1.25 bits per heavy atom. The molecule has 1 saturated carbocycles. The van der Waals surface area contributed by atoms with Gasteiger partial charge in [0.2, 0.25) is 0 Å². The molecule has 2 N–H and O–H groups in total. The molecule has 1 fully saturated rings. The molecule has 5 rings (SSSR count). The van der Waals surface area contributed by atoms with Crippen LogP contribution < -0.4 is 5.48 Å². The lowest BCUT2D eigenvalue weighted by Gasteiger charge is -2.22. The van der Waals surface area contributed by atoms with Crippen LogP contribution in [0.5, 0.6) is 0 Å². The van der Waals surface area contributed by atoms with Gasteiger partial charge in [-0.1, -0.05) is 37.3 Å². The maximum Gasteiger partial charge on any atom is 0.141 e. The van der Waals surface area contributed by atoms with Crippen LogP contribution >= 0.6 is 11.8 Å². The molecule has 3 atom stereocenters. The third-order valence-corrected chi connectivity index (χ3v) is 7.03. The molecular weight excluding hydrogens is 368 g/mol. The molecule has 1 aromatic carbocycles. The first-order chi connectivity index (χ1) is 13.7. The van der Waals surface area contributed by atoms with E-state index >= 15 is 0 Å². The molecule has 2 heterocycles. The summed E-state index contributed by atoms with van der Waals surface area (Å²) in [5, 5.41) is 11.9. The number of rotatable bonds is 3. The second-order valence-electron chi connectivity index (χ2n) is 7.77. The number of nitrogens with one attached hydrogen (secondary N) is 1. The van der Waals surface area contributed by atoms with Crippen LogP contribution in [0.1, 0.15) is 43.7 Å². The molecular formula is C23H24N2O2S. The zero-order valence-corrected chi connectivity index (χ0v) is 16.7. The fourth-order valence-corrected chi connectivity index (χ4v) is 5.15. The van der Waals surface area contributed by atoms with E-state index < -0.39 is 0 Å². The second kappa shape index (κ2) is 7.30. The Morgan fingerprint density at radius 3 is 2.79 bits per heavy atom. The molecule has 2 aliphatic carbocycles. The standard InChI is InChI=1S/C23H24N2O2S/c1-14-4-2-7-18-20(14)24-22(23-19(27-18)12-13-28-23)17-10-8-16(9-11-17)21(25-26)15-5-3-6-15/h2,7-14,19,23,25-26H,3-6H2,1H3. The summed E-state index contributed by atoms with van der Waals surface area (Å²) in [5.41, 5.74) is 8.83. The monoisotopic (exact) mass is 392 g/mol. The molecule has 2 aliphatic heterocycles. The Morgan fingerprint density at radius 2 is 2.07 bits per heavy atom. The molecule has 1 aromatic rings. The summed E-state index contributed by atoms with van der Waals surface area (Å²) in [6.45, 7) is 2.21. The Labute approximate surface area is 169 Å². The molecule has 0 amide bonds. The number of hydrogen-bond donors (Lipinski definition) is 2. The maximum absolute atomic E-state index is 9.58. The molecule has 28 heavy (non-hydrogen) atoms. The normalized spacial score (nSPS) is 28.0. The van der Waals surface area contributed by atoms with E-state index in [0.29, 0.717) is 5.92 Å². The van der Waals surface area contributed by atoms with Crippen LogP contribution in [0.2, 0.25) is 0 Å². The van der Waals surface area contributed by atoms with Crippen molar-refractivity contribution in [3.8, 4) is 0 Å². The molecule has 4 aliphatic rings. The molecule has 0 saturated heterocycles. The summed E-state index contributed by atoms with van der Waals surface area (Å²) in [7, 11) is 0. The predicted molar refractivity (Wildman–Crippen MR) is 114 cm³/mol. The number of aliphatic imine (C=N–C) groups is 1. The highest BCUT2D eigenvalue weighted by molar-refractivity contribution is 8.03. The SMILES string of the molecule is CC1CC=CC2=C1N=C(c1ccc(C(NO)=C3CCC3)cc1)C1SC=CC1O2. The summed E-state index contributed by atoms with van der Waals surface area (Å²) >= 11 is 1.77. The lowest BCUT2D eigenvalue weighted by atomic mass is 9.88. The van der Waals surface area contributed by atoms with Crippen molar-refractivity contribution in [2.75, 3.05) is 0 Å². The van der Waals surface area contributed by atoms with Gasteiger partial charge in [-0.15, -0.1) is 11.8 Å². The highest BCUT2D eigenvalue weighted by Crippen LogP contribution is 2.39. The van der Waals surface area contributed by atoms with Gasteiger partial charge in [0, 0.05) is 5.92 Å². The van der Waals surface area contributed by atoms with Gasteiger partial charge in [-0.2, -0.15) is 0 Å². The number of hydroxylamine groups is 1. The second-order valence-corrected chi connectivity index (χ2v) is 8.83. The highest BCUT2D eigenvalue weighted by Gasteiger charge is 2.35. The van der Waals surface area contributed by atoms with Crippen molar-refractivity contribution in [2.45, 2.75) is 44.0 Å². The Bertz CT molecular complexity index is 934. The zero-order chi connectivity index (χ0) is 19.1. The fraction of sp³-hybridized carbons (Fsp3) is 0.348. The number of fused-ring (bicyclic) bond motifs is 1. The lowest BCUT2D eigenvalue weighted by molar-refractivity contribution is 0.173. The number of allylic oxidation sites excluding steroid dienone is 4. The molecule has 0 bridgehead atoms. The number of thioether (sulfide) groups is 1. The predicted octanol–water partition coefficient (Wildman–Crippen LogP) is 5.19. The van der Waals surface area contributed by atoms with Crippen LogP contribution in [0.3, 0.4) is 0 Å². The minimum atomic E-state index is 0.0117. The van der Waals surface area contributed by atoms with Crippen molar-refractivity contribution in [1.29, 1.82) is 0 Å². The van der Waals surface area contributed by atoms with E-state index in [1.807, 2.05) is 0 Å². The summed E-state index contributed by atoms with van der Waals surface area (Å²) in [5.74, 6) is 1.27. The van der Waals surface area contributed by atoms with E-state index in [-0.39, 0.29) is 11.4 Å². The summed E-state index contributed by atoms with van der Waals surface area (Å²) in [6, 6.07) is 8.40. The van der Waals surface area contributed by atoms with Gasteiger partial charge in [-0.3, -0.25) is 15.7 Å². The summed E-state index contributed by atoms with van der Waals surface area (Å²) in [4.78, 5) is 5.13. The van der Waals surface area contributed by atoms with Gasteiger partial charge in [0.05, 0.1) is 22.4 Å². The third-order valence-electron chi connectivity index (χ3n) is 5.94. The van der Waals surface area contributed by atoms with E-state index in [4.69, 9.17) is 9.73 Å². The van der Waals surface area contributed by atoms with Crippen LogP contribution in [-0.2, 0) is 4.74 Å².